The molecule has 0 heterocycles. The Balaban J connectivity index is 3.87. The van der Waals surface area contributed by atoms with Crippen LogP contribution >= 0.6 is 0 Å². The van der Waals surface area contributed by atoms with Gasteiger partial charge in [0.1, 0.15) is 6.61 Å². The van der Waals surface area contributed by atoms with Gasteiger partial charge in [0.2, 0.25) is 0 Å². The lowest BCUT2D eigenvalue weighted by Gasteiger charge is -2.28. The van der Waals surface area contributed by atoms with Gasteiger partial charge in [-0.15, -0.1) is 0 Å². The summed E-state index contributed by atoms with van der Waals surface area (Å²) in [6.07, 6.45) is 0. The van der Waals surface area contributed by atoms with Crippen LogP contribution in [0.4, 0.5) is 0 Å². The van der Waals surface area contributed by atoms with Crippen LogP contribution in [-0.2, 0) is 18.9 Å². The molecule has 0 aromatic carbocycles. The van der Waals surface area contributed by atoms with E-state index in [0.29, 0.717) is 0 Å². The quantitative estimate of drug-likeness (QED) is 0.375. The molecule has 60 valence electrons. The maximum Gasteiger partial charge on any atom is 0.293 e. The Hall–Kier alpha value is -0.0951. The van der Waals surface area contributed by atoms with Gasteiger partial charge in [-0.1, -0.05) is 0 Å². The van der Waals surface area contributed by atoms with Crippen molar-refractivity contribution in [2.24, 2.45) is 0 Å². The minimum atomic E-state index is -1.05. The van der Waals surface area contributed by atoms with Gasteiger partial charge >= 0.3 is 0 Å². The second-order valence-corrected chi connectivity index (χ2v) is 1.73. The van der Waals surface area contributed by atoms with Gasteiger partial charge in [-0.2, -0.15) is 0 Å². The van der Waals surface area contributed by atoms with Crippen molar-refractivity contribution in [3.63, 3.8) is 0 Å². The van der Waals surface area contributed by atoms with Crippen LogP contribution < -0.4 is 0 Å². The lowest BCUT2D eigenvalue weighted by molar-refractivity contribution is -0.337. The number of ether oxygens (including phenoxy) is 3. The highest BCUT2D eigenvalue weighted by atomic mass is 16.9. The van der Waals surface area contributed by atoms with E-state index in [4.69, 9.17) is 18.9 Å². The van der Waals surface area contributed by atoms with E-state index in [2.05, 4.69) is 0 Å². The summed E-state index contributed by atoms with van der Waals surface area (Å²) in [5.74, 6) is -1.05. The van der Waals surface area contributed by atoms with Crippen LogP contribution in [-0.4, -0.2) is 42.0 Å². The van der Waals surface area contributed by atoms with Crippen molar-refractivity contribution < 1.29 is 18.9 Å². The predicted molar refractivity (Wildman–Crippen MR) is 38.3 cm³/mol. The molecule has 10 heavy (non-hydrogen) atoms. The first-order valence-electron chi connectivity index (χ1n) is 2.89. The van der Waals surface area contributed by atoms with E-state index >= 15 is 0 Å². The molecule has 5 heteroatoms. The average Bonchev–Trinajstić information content (AvgIpc) is 2.01. The molecule has 0 amide bonds. The normalized spacial score (nSPS) is 11.9. The van der Waals surface area contributed by atoms with E-state index in [1.165, 1.54) is 22.3 Å². The zero-order valence-corrected chi connectivity index (χ0v) is 6.84. The lowest BCUT2D eigenvalue weighted by atomic mass is 10.5. The van der Waals surface area contributed by atoms with Gasteiger partial charge in [0.25, 0.3) is 14.0 Å². The predicted octanol–water partition coefficient (Wildman–Crippen LogP) is -0.856. The van der Waals surface area contributed by atoms with Crippen molar-refractivity contribution in [1.29, 1.82) is 0 Å². The highest BCUT2D eigenvalue weighted by Crippen LogP contribution is 2.10. The molecule has 0 aromatic rings. The molecule has 0 unspecified atom stereocenters. The van der Waals surface area contributed by atoms with E-state index in [1.807, 2.05) is 0 Å². The topological polar surface area (TPSA) is 36.9 Å². The van der Waals surface area contributed by atoms with Crippen LogP contribution in [0.5, 0.6) is 0 Å². The zero-order valence-electron chi connectivity index (χ0n) is 6.84. The maximum absolute atomic E-state index is 4.91. The standard InChI is InChI=1S/C5H13BO4/c1-7-4-5(8-2,9-3)10-6/h4,6H2,1-3H3. The third-order valence-corrected chi connectivity index (χ3v) is 1.25. The second-order valence-electron chi connectivity index (χ2n) is 1.73. The Labute approximate surface area is 61.8 Å². The molecule has 0 saturated carbocycles. The lowest BCUT2D eigenvalue weighted by Crippen LogP contribution is -2.41. The molecule has 0 atom stereocenters. The van der Waals surface area contributed by atoms with Gasteiger partial charge in [-0.25, -0.2) is 0 Å². The van der Waals surface area contributed by atoms with Gasteiger partial charge in [-0.3, -0.25) is 0 Å². The van der Waals surface area contributed by atoms with Gasteiger partial charge in [0, 0.05) is 21.3 Å². The van der Waals surface area contributed by atoms with Gasteiger partial charge in [-0.05, 0) is 0 Å². The largest absolute Gasteiger partial charge is 0.395 e. The Morgan fingerprint density at radius 2 is 1.70 bits per heavy atom. The van der Waals surface area contributed by atoms with Crippen molar-refractivity contribution in [2.75, 3.05) is 27.9 Å². The van der Waals surface area contributed by atoms with Crippen molar-refractivity contribution in [1.82, 2.24) is 0 Å². The first-order chi connectivity index (χ1) is 4.74. The molecule has 0 N–H and O–H groups in total. The molecule has 0 fully saturated rings. The maximum atomic E-state index is 4.91. The summed E-state index contributed by atoms with van der Waals surface area (Å²) in [6, 6.07) is 0. The Bertz CT molecular complexity index is 75.5. The van der Waals surface area contributed by atoms with Crippen LogP contribution in [0, 0.1) is 0 Å². The molecule has 0 bridgehead atoms. The summed E-state index contributed by atoms with van der Waals surface area (Å²) in [4.78, 5) is 0. The molecule has 0 aliphatic heterocycles. The molecule has 0 saturated heterocycles. The van der Waals surface area contributed by atoms with E-state index < -0.39 is 5.97 Å². The summed E-state index contributed by atoms with van der Waals surface area (Å²) in [5.41, 5.74) is 0. The van der Waals surface area contributed by atoms with Crippen LogP contribution in [0.25, 0.3) is 0 Å². The molecular formula is C5H13BO4. The number of hydrogen-bond acceptors (Lipinski definition) is 4. The minimum absolute atomic E-state index is 0.247. The Morgan fingerprint density at radius 3 is 1.80 bits per heavy atom. The summed E-state index contributed by atoms with van der Waals surface area (Å²) in [7, 11) is 6.02. The summed E-state index contributed by atoms with van der Waals surface area (Å²) < 4.78 is 19.5. The highest BCUT2D eigenvalue weighted by molar-refractivity contribution is 5.98. The van der Waals surface area contributed by atoms with Gasteiger partial charge in [0.05, 0.1) is 0 Å². The monoisotopic (exact) mass is 148 g/mol. The van der Waals surface area contributed by atoms with E-state index in [9.17, 15) is 0 Å². The Kier molecular flexibility index (Phi) is 4.63. The van der Waals surface area contributed by atoms with Gasteiger partial charge in [0.15, 0.2) is 0 Å². The summed E-state index contributed by atoms with van der Waals surface area (Å²) >= 11 is 0. The number of rotatable bonds is 5. The first-order valence-corrected chi connectivity index (χ1v) is 2.89. The molecule has 0 radical (unpaired) electrons. The highest BCUT2D eigenvalue weighted by Gasteiger charge is 2.28. The SMILES string of the molecule is BOC(COC)(OC)OC. The molecule has 0 spiro atoms. The Morgan fingerprint density at radius 1 is 1.20 bits per heavy atom. The van der Waals surface area contributed by atoms with Crippen molar-refractivity contribution >= 4 is 8.05 Å². The molecular weight excluding hydrogens is 135 g/mol. The fourth-order valence-corrected chi connectivity index (χ4v) is 0.604. The third-order valence-electron chi connectivity index (χ3n) is 1.25. The average molecular weight is 148 g/mol. The van der Waals surface area contributed by atoms with Crippen molar-refractivity contribution in [2.45, 2.75) is 5.97 Å². The molecule has 0 rings (SSSR count). The molecule has 0 aliphatic carbocycles. The molecule has 0 aromatic heterocycles. The van der Waals surface area contributed by atoms with Crippen LogP contribution in [0.2, 0.25) is 0 Å². The fourth-order valence-electron chi connectivity index (χ4n) is 0.604. The molecule has 0 aliphatic rings. The summed E-state index contributed by atoms with van der Waals surface area (Å²) in [6.45, 7) is 0.247. The number of hydrogen-bond donors (Lipinski definition) is 0. The fraction of sp³-hybridized carbons (Fsp3) is 1.00. The summed E-state index contributed by atoms with van der Waals surface area (Å²) in [5, 5.41) is 0. The second kappa shape index (κ2) is 4.68. The van der Waals surface area contributed by atoms with Crippen LogP contribution in [0.3, 0.4) is 0 Å². The van der Waals surface area contributed by atoms with Crippen LogP contribution in [0.1, 0.15) is 0 Å². The van der Waals surface area contributed by atoms with E-state index in [-0.39, 0.29) is 6.61 Å². The van der Waals surface area contributed by atoms with Crippen LogP contribution in [0.15, 0.2) is 0 Å². The molecule has 4 nitrogen and oxygen atoms in total. The number of methoxy groups -OCH3 is 3. The smallest absolute Gasteiger partial charge is 0.293 e. The van der Waals surface area contributed by atoms with E-state index in [0.717, 1.165) is 0 Å². The van der Waals surface area contributed by atoms with Crippen molar-refractivity contribution in [3.8, 4) is 0 Å². The van der Waals surface area contributed by atoms with Gasteiger partial charge < -0.3 is 18.9 Å². The minimum Gasteiger partial charge on any atom is -0.395 e. The first kappa shape index (κ1) is 9.90. The third kappa shape index (κ3) is 2.26. The van der Waals surface area contributed by atoms with Crippen molar-refractivity contribution in [3.05, 3.63) is 0 Å². The van der Waals surface area contributed by atoms with E-state index in [1.54, 1.807) is 7.11 Å². The zero-order chi connectivity index (χ0) is 8.04.